The minimum Gasteiger partial charge on any atom is -0.376 e. The van der Waals surface area contributed by atoms with Crippen LogP contribution in [0.1, 0.15) is 50.7 Å². The van der Waals surface area contributed by atoms with Gasteiger partial charge in [-0.05, 0) is 32.4 Å². The second-order valence-electron chi connectivity index (χ2n) is 6.40. The summed E-state index contributed by atoms with van der Waals surface area (Å²) in [6.45, 7) is 15.6. The lowest BCUT2D eigenvalue weighted by molar-refractivity contribution is -0.115. The third-order valence-electron chi connectivity index (χ3n) is 4.12. The maximum Gasteiger partial charge on any atom is 0.405 e. The third-order valence-corrected chi connectivity index (χ3v) is 5.13. The van der Waals surface area contributed by atoms with Gasteiger partial charge >= 0.3 is 6.18 Å². The molecule has 0 aromatic carbocycles. The first-order chi connectivity index (χ1) is 15.6. The minimum atomic E-state index is -4.37. The Hall–Kier alpha value is -2.94. The Morgan fingerprint density at radius 1 is 1.30 bits per heavy atom. The summed E-state index contributed by atoms with van der Waals surface area (Å²) >= 11 is 1.09. The van der Waals surface area contributed by atoms with Gasteiger partial charge in [0.25, 0.3) is 0 Å². The Morgan fingerprint density at radius 2 is 1.91 bits per heavy atom. The van der Waals surface area contributed by atoms with E-state index in [0.717, 1.165) is 23.5 Å². The Labute approximate surface area is 198 Å². The van der Waals surface area contributed by atoms with Crippen molar-refractivity contribution in [3.8, 4) is 0 Å². The van der Waals surface area contributed by atoms with Gasteiger partial charge in [0, 0.05) is 24.6 Å². The number of pyridine rings is 1. The SMILES string of the molecule is C=C/C=C(\C)N(C)C(C)=Nc1c(C=O)sc2nccc(NCC(F)(F)F)c12.C=CCC.CC. The third kappa shape index (κ3) is 9.61. The van der Waals surface area contributed by atoms with Crippen molar-refractivity contribution in [2.24, 2.45) is 4.99 Å². The van der Waals surface area contributed by atoms with Crippen molar-refractivity contribution in [2.75, 3.05) is 18.9 Å². The summed E-state index contributed by atoms with van der Waals surface area (Å²) in [6, 6.07) is 1.44. The molecule has 1 N–H and O–H groups in total. The summed E-state index contributed by atoms with van der Waals surface area (Å²) < 4.78 is 37.8. The molecule has 0 saturated heterocycles. The number of aliphatic imine (C=N–C) groups is 1. The van der Waals surface area contributed by atoms with Crippen molar-refractivity contribution >= 4 is 45.0 Å². The van der Waals surface area contributed by atoms with E-state index in [9.17, 15) is 18.0 Å². The number of allylic oxidation sites excluding steroid dienone is 4. The van der Waals surface area contributed by atoms with Crippen LogP contribution < -0.4 is 5.32 Å². The lowest BCUT2D eigenvalue weighted by Crippen LogP contribution is -2.22. The molecule has 0 atom stereocenters. The first-order valence-electron chi connectivity index (χ1n) is 10.5. The topological polar surface area (TPSA) is 57.6 Å². The second-order valence-corrected chi connectivity index (χ2v) is 7.43. The fraction of sp³-hybridized carbons (Fsp3) is 0.375. The van der Waals surface area contributed by atoms with Crippen LogP contribution in [-0.2, 0) is 0 Å². The highest BCUT2D eigenvalue weighted by molar-refractivity contribution is 7.21. The van der Waals surface area contributed by atoms with Gasteiger partial charge in [-0.1, -0.05) is 39.5 Å². The Bertz CT molecular complexity index is 978. The first-order valence-corrected chi connectivity index (χ1v) is 11.3. The molecule has 0 saturated carbocycles. The zero-order valence-electron chi connectivity index (χ0n) is 20.1. The molecule has 182 valence electrons. The number of nitrogens with one attached hydrogen (secondary N) is 1. The Morgan fingerprint density at radius 3 is 2.39 bits per heavy atom. The highest BCUT2D eigenvalue weighted by Gasteiger charge is 2.27. The lowest BCUT2D eigenvalue weighted by Gasteiger charge is -2.19. The predicted molar refractivity (Wildman–Crippen MR) is 136 cm³/mol. The number of carbonyl (C=O) groups is 1. The van der Waals surface area contributed by atoms with E-state index >= 15 is 0 Å². The van der Waals surface area contributed by atoms with E-state index in [-0.39, 0.29) is 5.69 Å². The maximum atomic E-state index is 12.6. The quantitative estimate of drug-likeness (QED) is 0.144. The molecule has 0 fully saturated rings. The van der Waals surface area contributed by atoms with Gasteiger partial charge < -0.3 is 10.2 Å². The monoisotopic (exact) mass is 482 g/mol. The molecule has 0 aliphatic heterocycles. The number of anilines is 1. The van der Waals surface area contributed by atoms with Crippen LogP contribution in [0, 0.1) is 0 Å². The average molecular weight is 483 g/mol. The normalized spacial score (nSPS) is 11.5. The van der Waals surface area contributed by atoms with Gasteiger partial charge in [-0.2, -0.15) is 13.2 Å². The predicted octanol–water partition coefficient (Wildman–Crippen LogP) is 7.76. The summed E-state index contributed by atoms with van der Waals surface area (Å²) in [5.74, 6) is 0.569. The number of amidine groups is 1. The van der Waals surface area contributed by atoms with E-state index in [1.165, 1.54) is 12.3 Å². The number of nitrogens with zero attached hydrogens (tertiary/aromatic N) is 3. The molecule has 9 heteroatoms. The van der Waals surface area contributed by atoms with E-state index < -0.39 is 12.7 Å². The summed E-state index contributed by atoms with van der Waals surface area (Å²) in [4.78, 5) is 22.7. The van der Waals surface area contributed by atoms with E-state index in [4.69, 9.17) is 0 Å². The van der Waals surface area contributed by atoms with E-state index in [0.29, 0.717) is 32.9 Å². The lowest BCUT2D eigenvalue weighted by atomic mass is 10.2. The van der Waals surface area contributed by atoms with Crippen LogP contribution in [-0.4, -0.2) is 41.8 Å². The largest absolute Gasteiger partial charge is 0.405 e. The van der Waals surface area contributed by atoms with Crippen LogP contribution in [0.15, 0.2) is 54.3 Å². The second kappa shape index (κ2) is 15.0. The first kappa shape index (κ1) is 30.1. The minimum absolute atomic E-state index is 0.231. The van der Waals surface area contributed by atoms with Gasteiger partial charge in [-0.25, -0.2) is 9.98 Å². The fourth-order valence-electron chi connectivity index (χ4n) is 2.33. The smallest absolute Gasteiger partial charge is 0.376 e. The van der Waals surface area contributed by atoms with Gasteiger partial charge in [-0.15, -0.1) is 17.9 Å². The molecule has 5 nitrogen and oxygen atoms in total. The number of hydrogen-bond acceptors (Lipinski definition) is 5. The number of halogens is 3. The van der Waals surface area contributed by atoms with Crippen molar-refractivity contribution in [3.05, 3.63) is 54.2 Å². The van der Waals surface area contributed by atoms with E-state index in [1.54, 1.807) is 31.0 Å². The van der Waals surface area contributed by atoms with E-state index in [2.05, 4.69) is 35.4 Å². The standard InChI is InChI=1S/C18H19F3N4OS.C4H8.C2H6/c1-5-6-11(2)25(4)12(3)24-16-14(9-26)27-17-15(16)13(7-8-22-17)23-10-18(19,20)21;1-3-4-2;1-2/h5-9H,1,10H2,2-4H3,(H,22,23);3H,1,4H2,2H3;1-2H3/b11-6+,24-12?;;. The highest BCUT2D eigenvalue weighted by Crippen LogP contribution is 2.40. The van der Waals surface area contributed by atoms with Crippen molar-refractivity contribution in [1.29, 1.82) is 0 Å². The summed E-state index contributed by atoms with van der Waals surface area (Å²) in [6.07, 6.45) is 4.06. The number of hydrogen-bond donors (Lipinski definition) is 1. The molecule has 2 rings (SSSR count). The summed E-state index contributed by atoms with van der Waals surface area (Å²) in [7, 11) is 1.80. The van der Waals surface area contributed by atoms with Crippen LogP contribution in [0.4, 0.5) is 24.5 Å². The molecule has 2 aromatic rings. The van der Waals surface area contributed by atoms with Crippen LogP contribution in [0.5, 0.6) is 0 Å². The molecule has 2 aromatic heterocycles. The molecule has 0 spiro atoms. The fourth-order valence-corrected chi connectivity index (χ4v) is 3.26. The number of thiophene rings is 1. The molecular weight excluding hydrogens is 449 g/mol. The van der Waals surface area contributed by atoms with Crippen LogP contribution in [0.3, 0.4) is 0 Å². The molecule has 0 radical (unpaired) electrons. The zero-order valence-corrected chi connectivity index (χ0v) is 20.9. The highest BCUT2D eigenvalue weighted by atomic mass is 32.1. The van der Waals surface area contributed by atoms with Crippen molar-refractivity contribution in [1.82, 2.24) is 9.88 Å². The Kier molecular flexibility index (Phi) is 13.7. The van der Waals surface area contributed by atoms with Crippen LogP contribution >= 0.6 is 11.3 Å². The number of aldehydes is 1. The van der Waals surface area contributed by atoms with Crippen LogP contribution in [0.25, 0.3) is 10.2 Å². The molecule has 2 heterocycles. The van der Waals surface area contributed by atoms with Gasteiger partial charge in [0.15, 0.2) is 6.29 Å². The van der Waals surface area contributed by atoms with Gasteiger partial charge in [0.05, 0.1) is 16.0 Å². The molecule has 0 bridgehead atoms. The Balaban J connectivity index is 0.00000154. The number of carbonyl (C=O) groups excluding carboxylic acids is 1. The molecular formula is C24H33F3N4OS. The molecule has 33 heavy (non-hydrogen) atoms. The maximum absolute atomic E-state index is 12.6. The number of alkyl halides is 3. The van der Waals surface area contributed by atoms with E-state index in [1.807, 2.05) is 26.8 Å². The molecule has 0 aliphatic rings. The van der Waals surface area contributed by atoms with Crippen LogP contribution in [0.2, 0.25) is 0 Å². The van der Waals surface area contributed by atoms with Gasteiger partial charge in [-0.3, -0.25) is 4.79 Å². The molecule has 0 amide bonds. The molecule has 0 aliphatic carbocycles. The average Bonchev–Trinajstić information content (AvgIpc) is 3.16. The number of aromatic nitrogens is 1. The number of rotatable bonds is 7. The zero-order chi connectivity index (χ0) is 25.6. The summed E-state index contributed by atoms with van der Waals surface area (Å²) in [5, 5.41) is 2.76. The van der Waals surface area contributed by atoms with Crippen molar-refractivity contribution in [3.63, 3.8) is 0 Å². The number of fused-ring (bicyclic) bond motifs is 1. The van der Waals surface area contributed by atoms with Crippen molar-refractivity contribution < 1.29 is 18.0 Å². The van der Waals surface area contributed by atoms with Gasteiger partial charge in [0.2, 0.25) is 0 Å². The summed E-state index contributed by atoms with van der Waals surface area (Å²) in [5.41, 5.74) is 1.40. The van der Waals surface area contributed by atoms with Gasteiger partial charge in [0.1, 0.15) is 17.2 Å². The molecule has 0 unspecified atom stereocenters. The van der Waals surface area contributed by atoms with Crippen molar-refractivity contribution in [2.45, 2.75) is 47.2 Å².